The Kier molecular flexibility index (Phi) is 2.44. The van der Waals surface area contributed by atoms with E-state index in [1.54, 1.807) is 6.07 Å². The summed E-state index contributed by atoms with van der Waals surface area (Å²) in [7, 11) is 0. The first kappa shape index (κ1) is 7.45. The highest BCUT2D eigenvalue weighted by Crippen LogP contribution is 2.15. The van der Waals surface area contributed by atoms with Crippen molar-refractivity contribution in [3.8, 4) is 5.88 Å². The fraction of sp³-hybridized carbons (Fsp3) is 0. The van der Waals surface area contributed by atoms with E-state index in [4.69, 9.17) is 5.11 Å². The van der Waals surface area contributed by atoms with Gasteiger partial charge in [0.1, 0.15) is 3.70 Å². The van der Waals surface area contributed by atoms with Crippen molar-refractivity contribution in [1.29, 1.82) is 0 Å². The van der Waals surface area contributed by atoms with Gasteiger partial charge in [-0.2, -0.15) is 0 Å². The molecule has 0 saturated carbocycles. The van der Waals surface area contributed by atoms with Gasteiger partial charge in [0.25, 0.3) is 0 Å². The predicted molar refractivity (Wildman–Crippen MR) is 49.1 cm³/mol. The Morgan fingerprint density at radius 3 is 2.44 bits per heavy atom. The van der Waals surface area contributed by atoms with Crippen LogP contribution in [0.1, 0.15) is 0 Å². The SMILES string of the molecule is Oc1nnc(I)cc1I. The first-order valence-corrected chi connectivity index (χ1v) is 4.23. The maximum absolute atomic E-state index is 8.86. The normalized spacial score (nSPS) is 9.56. The van der Waals surface area contributed by atoms with E-state index in [1.165, 1.54) is 0 Å². The number of hydrogen-bond donors (Lipinski definition) is 1. The molecule has 0 aliphatic carbocycles. The van der Waals surface area contributed by atoms with Gasteiger partial charge in [-0.05, 0) is 51.2 Å². The van der Waals surface area contributed by atoms with Gasteiger partial charge < -0.3 is 5.11 Å². The molecule has 0 unspecified atom stereocenters. The van der Waals surface area contributed by atoms with Crippen LogP contribution in [0.15, 0.2) is 6.07 Å². The zero-order chi connectivity index (χ0) is 6.85. The van der Waals surface area contributed by atoms with Gasteiger partial charge in [-0.1, -0.05) is 0 Å². The Labute approximate surface area is 79.2 Å². The summed E-state index contributed by atoms with van der Waals surface area (Å²) in [6, 6.07) is 1.75. The van der Waals surface area contributed by atoms with Crippen LogP contribution in [0.5, 0.6) is 5.88 Å². The molecule has 1 heterocycles. The number of aromatic hydroxyl groups is 1. The quantitative estimate of drug-likeness (QED) is 0.721. The fourth-order valence-corrected chi connectivity index (χ4v) is 1.76. The van der Waals surface area contributed by atoms with E-state index in [0.717, 1.165) is 7.27 Å². The molecule has 0 spiro atoms. The van der Waals surface area contributed by atoms with Crippen LogP contribution in [0.3, 0.4) is 0 Å². The summed E-state index contributed by atoms with van der Waals surface area (Å²) < 4.78 is 1.52. The van der Waals surface area contributed by atoms with E-state index in [9.17, 15) is 0 Å². The molecule has 9 heavy (non-hydrogen) atoms. The lowest BCUT2D eigenvalue weighted by Gasteiger charge is -1.91. The highest BCUT2D eigenvalue weighted by molar-refractivity contribution is 14.1. The van der Waals surface area contributed by atoms with Crippen LogP contribution in [-0.4, -0.2) is 15.3 Å². The highest BCUT2D eigenvalue weighted by Gasteiger charge is 1.98. The third-order valence-electron chi connectivity index (χ3n) is 0.700. The molecule has 0 aliphatic heterocycles. The molecular weight excluding hydrogens is 346 g/mol. The smallest absolute Gasteiger partial charge is 0.244 e. The van der Waals surface area contributed by atoms with Gasteiger partial charge in [0.05, 0.1) is 3.57 Å². The van der Waals surface area contributed by atoms with Crippen molar-refractivity contribution in [2.45, 2.75) is 0 Å². The molecule has 1 rings (SSSR count). The van der Waals surface area contributed by atoms with E-state index in [-0.39, 0.29) is 5.88 Å². The summed E-state index contributed by atoms with van der Waals surface area (Å²) >= 11 is 4.03. The van der Waals surface area contributed by atoms with Gasteiger partial charge in [-0.25, -0.2) is 0 Å². The van der Waals surface area contributed by atoms with Crippen LogP contribution in [0.4, 0.5) is 0 Å². The molecule has 1 aromatic rings. The Hall–Kier alpha value is 0.340. The Bertz CT molecular complexity index is 228. The van der Waals surface area contributed by atoms with Crippen LogP contribution in [0, 0.1) is 7.27 Å². The van der Waals surface area contributed by atoms with Crippen LogP contribution >= 0.6 is 45.2 Å². The first-order valence-electron chi connectivity index (χ1n) is 2.08. The maximum atomic E-state index is 8.86. The molecule has 5 heteroatoms. The fourth-order valence-electron chi connectivity index (χ4n) is 0.341. The lowest BCUT2D eigenvalue weighted by molar-refractivity contribution is 0.440. The Balaban J connectivity index is 3.17. The minimum atomic E-state index is -0.00369. The molecule has 0 atom stereocenters. The summed E-state index contributed by atoms with van der Waals surface area (Å²) in [6.07, 6.45) is 0. The second-order valence-corrected chi connectivity index (χ2v) is 3.61. The van der Waals surface area contributed by atoms with Crippen molar-refractivity contribution < 1.29 is 5.11 Å². The van der Waals surface area contributed by atoms with Crippen LogP contribution < -0.4 is 0 Å². The number of rotatable bonds is 0. The second kappa shape index (κ2) is 2.95. The van der Waals surface area contributed by atoms with Gasteiger partial charge in [-0.15, -0.1) is 10.2 Å². The minimum absolute atomic E-state index is 0.00369. The van der Waals surface area contributed by atoms with Crippen molar-refractivity contribution in [1.82, 2.24) is 10.2 Å². The maximum Gasteiger partial charge on any atom is 0.244 e. The van der Waals surface area contributed by atoms with Gasteiger partial charge in [-0.3, -0.25) is 0 Å². The van der Waals surface area contributed by atoms with Crippen LogP contribution in [0.25, 0.3) is 0 Å². The van der Waals surface area contributed by atoms with Gasteiger partial charge >= 0.3 is 0 Å². The number of halogens is 2. The average molecular weight is 348 g/mol. The molecule has 0 aromatic carbocycles. The monoisotopic (exact) mass is 348 g/mol. The average Bonchev–Trinajstić information content (AvgIpc) is 1.80. The van der Waals surface area contributed by atoms with E-state index < -0.39 is 0 Å². The molecule has 0 bridgehead atoms. The predicted octanol–water partition coefficient (Wildman–Crippen LogP) is 1.39. The minimum Gasteiger partial charge on any atom is -0.491 e. The highest BCUT2D eigenvalue weighted by atomic mass is 127. The molecule has 0 radical (unpaired) electrons. The molecule has 0 amide bonds. The van der Waals surface area contributed by atoms with Crippen molar-refractivity contribution in [2.24, 2.45) is 0 Å². The molecular formula is C4H2I2N2O. The molecule has 0 aliphatic rings. The summed E-state index contributed by atoms with van der Waals surface area (Å²) in [5.41, 5.74) is 0. The standard InChI is InChI=1S/C4H2I2N2O/c5-2-1-3(6)7-8-4(2)9/h1H,(H,8,9). The van der Waals surface area contributed by atoms with E-state index in [1.807, 2.05) is 45.2 Å². The number of nitrogens with zero attached hydrogens (tertiary/aromatic N) is 2. The third-order valence-corrected chi connectivity index (χ3v) is 2.02. The molecule has 0 fully saturated rings. The summed E-state index contributed by atoms with van der Waals surface area (Å²) in [5.74, 6) is -0.00369. The lowest BCUT2D eigenvalue weighted by Crippen LogP contribution is -1.87. The van der Waals surface area contributed by atoms with Crippen molar-refractivity contribution >= 4 is 45.2 Å². The van der Waals surface area contributed by atoms with E-state index in [2.05, 4.69) is 10.2 Å². The van der Waals surface area contributed by atoms with Gasteiger partial charge in [0, 0.05) is 0 Å². The van der Waals surface area contributed by atoms with Crippen LogP contribution in [0.2, 0.25) is 0 Å². The van der Waals surface area contributed by atoms with Gasteiger partial charge in [0.15, 0.2) is 0 Å². The number of hydrogen-bond acceptors (Lipinski definition) is 3. The zero-order valence-electron chi connectivity index (χ0n) is 4.17. The zero-order valence-corrected chi connectivity index (χ0v) is 8.49. The third kappa shape index (κ3) is 1.88. The largest absolute Gasteiger partial charge is 0.491 e. The van der Waals surface area contributed by atoms with E-state index in [0.29, 0.717) is 0 Å². The Morgan fingerprint density at radius 2 is 2.00 bits per heavy atom. The van der Waals surface area contributed by atoms with Crippen LogP contribution in [-0.2, 0) is 0 Å². The summed E-state index contributed by atoms with van der Waals surface area (Å²) in [4.78, 5) is 0. The first-order chi connectivity index (χ1) is 4.20. The van der Waals surface area contributed by atoms with Gasteiger partial charge in [0.2, 0.25) is 5.88 Å². The lowest BCUT2D eigenvalue weighted by atomic mass is 10.6. The summed E-state index contributed by atoms with van der Waals surface area (Å²) in [5, 5.41) is 15.9. The van der Waals surface area contributed by atoms with Crippen molar-refractivity contribution in [3.63, 3.8) is 0 Å². The summed E-state index contributed by atoms with van der Waals surface area (Å²) in [6.45, 7) is 0. The van der Waals surface area contributed by atoms with E-state index >= 15 is 0 Å². The molecule has 48 valence electrons. The number of aromatic nitrogens is 2. The molecule has 1 N–H and O–H groups in total. The molecule has 3 nitrogen and oxygen atoms in total. The molecule has 0 saturated heterocycles. The Morgan fingerprint density at radius 1 is 1.33 bits per heavy atom. The van der Waals surface area contributed by atoms with Crippen molar-refractivity contribution in [3.05, 3.63) is 13.3 Å². The topological polar surface area (TPSA) is 46.0 Å². The second-order valence-electron chi connectivity index (χ2n) is 1.34. The van der Waals surface area contributed by atoms with Crippen molar-refractivity contribution in [2.75, 3.05) is 0 Å². The molecule has 1 aromatic heterocycles.